The van der Waals surface area contributed by atoms with Crippen molar-refractivity contribution < 1.29 is 39.4 Å². The Kier molecular flexibility index (Phi) is 18.6. The molecule has 0 spiro atoms. The molecule has 0 saturated carbocycles. The normalized spacial score (nSPS) is 18.1. The third kappa shape index (κ3) is 15.4. The fourth-order valence-electron chi connectivity index (χ4n) is 6.23. The molecule has 6 rings (SSSR count). The molecule has 6 heterocycles. The smallest absolute Gasteiger partial charge is 0.363 e. The average molecular weight is 853 g/mol. The molecular weight excluding hydrogens is 798 g/mol. The average Bonchev–Trinajstić information content (AvgIpc) is 3.17. The highest BCUT2D eigenvalue weighted by molar-refractivity contribution is 9.10. The minimum Gasteiger partial charge on any atom is -0.387 e. The van der Waals surface area contributed by atoms with Crippen LogP contribution in [0, 0.1) is 20.2 Å². The van der Waals surface area contributed by atoms with Gasteiger partial charge in [-0.25, -0.2) is 4.98 Å². The number of nitrogen functional groups attached to an aromatic ring is 1. The van der Waals surface area contributed by atoms with Crippen LogP contribution in [-0.2, 0) is 14.2 Å². The lowest BCUT2D eigenvalue weighted by Crippen LogP contribution is -2.47. The molecule has 0 radical (unpaired) electrons. The number of hydrogen-bond donors (Lipinski definition) is 5. The first-order valence-electron chi connectivity index (χ1n) is 18.1. The first-order valence-corrected chi connectivity index (χ1v) is 18.9. The molecule has 0 bridgehead atoms. The third-order valence-corrected chi connectivity index (χ3v) is 9.95. The van der Waals surface area contributed by atoms with E-state index >= 15 is 0 Å². The van der Waals surface area contributed by atoms with Gasteiger partial charge in [-0.15, -0.1) is 0 Å². The van der Waals surface area contributed by atoms with Crippen LogP contribution in [0.3, 0.4) is 0 Å². The van der Waals surface area contributed by atoms with Crippen LogP contribution >= 0.6 is 15.9 Å². The Morgan fingerprint density at radius 3 is 1.41 bits per heavy atom. The lowest BCUT2D eigenvalue weighted by molar-refractivity contribution is -0.389. The van der Waals surface area contributed by atoms with E-state index in [2.05, 4.69) is 46.0 Å². The second kappa shape index (κ2) is 22.6. The van der Waals surface area contributed by atoms with E-state index in [0.717, 1.165) is 54.9 Å². The number of hydrogen-bond acceptors (Lipinski definition) is 17. The van der Waals surface area contributed by atoms with Gasteiger partial charge >= 0.3 is 11.6 Å². The van der Waals surface area contributed by atoms with Crippen molar-refractivity contribution in [3.63, 3.8) is 0 Å². The highest BCUT2D eigenvalue weighted by atomic mass is 79.9. The Hall–Kier alpha value is -4.15. The fourth-order valence-corrected chi connectivity index (χ4v) is 6.46. The summed E-state index contributed by atoms with van der Waals surface area (Å²) in [6.07, 6.45) is 8.92. The molecule has 3 saturated heterocycles. The minimum absolute atomic E-state index is 0.136. The number of aliphatic hydroxyl groups is 3. The summed E-state index contributed by atoms with van der Waals surface area (Å²) in [5.41, 5.74) is 5.45. The van der Waals surface area contributed by atoms with Crippen LogP contribution in [0.5, 0.6) is 0 Å². The van der Waals surface area contributed by atoms with Crippen LogP contribution in [0.2, 0.25) is 0 Å². The van der Waals surface area contributed by atoms with E-state index < -0.39 is 26.6 Å². The van der Waals surface area contributed by atoms with Gasteiger partial charge in [0.2, 0.25) is 0 Å². The molecule has 3 aliphatic heterocycles. The number of nitrogens with one attached hydrogen (secondary N) is 1. The number of piperidine rings is 3. The van der Waals surface area contributed by atoms with Crippen LogP contribution in [0.4, 0.5) is 28.8 Å². The fraction of sp³-hybridized carbons (Fsp3) is 0.583. The Morgan fingerprint density at radius 1 is 0.679 bits per heavy atom. The number of nitro groups is 2. The van der Waals surface area contributed by atoms with Gasteiger partial charge in [0.1, 0.15) is 5.82 Å². The van der Waals surface area contributed by atoms with Gasteiger partial charge in [-0.1, -0.05) is 0 Å². The zero-order valence-electron chi connectivity index (χ0n) is 32.1. The van der Waals surface area contributed by atoms with Crippen molar-refractivity contribution in [2.45, 2.75) is 55.3 Å². The largest absolute Gasteiger partial charge is 0.387 e. The number of nitrogens with two attached hydrogens (primary N) is 1. The summed E-state index contributed by atoms with van der Waals surface area (Å²) in [6, 6.07) is 9.75. The Labute approximate surface area is 334 Å². The zero-order chi connectivity index (χ0) is 41.2. The maximum Gasteiger partial charge on any atom is 0.363 e. The van der Waals surface area contributed by atoms with Crippen molar-refractivity contribution in [1.82, 2.24) is 20.3 Å². The standard InChI is InChI=1S/C12H17N3O4.C12H19N3O2.C7H15NO2.C5H3BrN2O2/c1-19-9-12(16)4-6-14(7-5-12)10-2-3-11(13-8-10)15(17)18;1-17-9-12(16)4-6-15(7-5-12)10-2-3-11(13)14-8-10;1-10-6-7(9)2-4-8-5-3-7;6-4-1-2-5(7-3-4)8(9)10/h2-3,8,16H,4-7,9H2,1H3;2-3,8,16H,4-7,9H2,1H3,(H2,13,14);8-9H,2-6H2,1H3;1-3H. The van der Waals surface area contributed by atoms with E-state index in [0.29, 0.717) is 64.4 Å². The summed E-state index contributed by atoms with van der Waals surface area (Å²) in [7, 11) is 4.82. The molecule has 3 aromatic rings. The summed E-state index contributed by atoms with van der Waals surface area (Å²) in [4.78, 5) is 35.2. The van der Waals surface area contributed by atoms with Gasteiger partial charge in [0.15, 0.2) is 12.4 Å². The summed E-state index contributed by atoms with van der Waals surface area (Å²) in [5, 5.41) is 53.8. The van der Waals surface area contributed by atoms with Crippen LogP contribution in [0.1, 0.15) is 38.5 Å². The lowest BCUT2D eigenvalue weighted by atomic mass is 9.92. The summed E-state index contributed by atoms with van der Waals surface area (Å²) >= 11 is 3.11. The maximum absolute atomic E-state index is 10.5. The van der Waals surface area contributed by atoms with Crippen molar-refractivity contribution in [2.24, 2.45) is 0 Å². The van der Waals surface area contributed by atoms with Crippen molar-refractivity contribution >= 4 is 44.8 Å². The second-order valence-corrected chi connectivity index (χ2v) is 14.8. The first-order chi connectivity index (χ1) is 26.6. The number of methoxy groups -OCH3 is 3. The molecule has 3 fully saturated rings. The van der Waals surface area contributed by atoms with E-state index in [-0.39, 0.29) is 11.6 Å². The predicted molar refractivity (Wildman–Crippen MR) is 214 cm³/mol. The van der Waals surface area contributed by atoms with Gasteiger partial charge in [0.05, 0.1) is 58.7 Å². The maximum atomic E-state index is 10.5. The molecular formula is C36H54BrN9O10. The molecule has 3 aliphatic rings. The minimum atomic E-state index is -0.764. The quantitative estimate of drug-likeness (QED) is 0.145. The number of anilines is 3. The molecule has 20 heteroatoms. The number of aromatic nitrogens is 3. The highest BCUT2D eigenvalue weighted by Crippen LogP contribution is 2.28. The van der Waals surface area contributed by atoms with E-state index in [1.165, 1.54) is 24.5 Å². The molecule has 0 aromatic carbocycles. The molecule has 0 unspecified atom stereocenters. The summed E-state index contributed by atoms with van der Waals surface area (Å²) in [5.74, 6) is 0.237. The van der Waals surface area contributed by atoms with Crippen molar-refractivity contribution in [3.8, 4) is 0 Å². The molecule has 6 N–H and O–H groups in total. The second-order valence-electron chi connectivity index (χ2n) is 13.9. The van der Waals surface area contributed by atoms with E-state index in [4.69, 9.17) is 19.9 Å². The van der Waals surface area contributed by atoms with Gasteiger partial charge in [-0.05, 0) is 112 Å². The molecule has 19 nitrogen and oxygen atoms in total. The van der Waals surface area contributed by atoms with Gasteiger partial charge in [0, 0.05) is 59.6 Å². The van der Waals surface area contributed by atoms with Crippen LogP contribution in [0.25, 0.3) is 0 Å². The lowest BCUT2D eigenvalue weighted by Gasteiger charge is -2.38. The van der Waals surface area contributed by atoms with Crippen molar-refractivity contribution in [1.29, 1.82) is 0 Å². The van der Waals surface area contributed by atoms with E-state index in [1.807, 2.05) is 6.07 Å². The number of ether oxygens (including phenoxy) is 3. The predicted octanol–water partition coefficient (Wildman–Crippen LogP) is 3.11. The van der Waals surface area contributed by atoms with E-state index in [1.54, 1.807) is 45.7 Å². The summed E-state index contributed by atoms with van der Waals surface area (Å²) < 4.78 is 15.7. The molecule has 3 aromatic heterocycles. The molecule has 310 valence electrons. The number of pyridine rings is 3. The Balaban J connectivity index is 0.000000208. The van der Waals surface area contributed by atoms with Gasteiger partial charge in [-0.2, -0.15) is 0 Å². The topological polar surface area (TPSA) is 258 Å². The van der Waals surface area contributed by atoms with Gasteiger partial charge in [0.25, 0.3) is 0 Å². The van der Waals surface area contributed by atoms with Crippen LogP contribution in [0.15, 0.2) is 59.5 Å². The van der Waals surface area contributed by atoms with E-state index in [9.17, 15) is 35.5 Å². The number of rotatable bonds is 10. The van der Waals surface area contributed by atoms with Crippen LogP contribution < -0.4 is 20.9 Å². The van der Waals surface area contributed by atoms with Gasteiger partial charge < -0.3 is 70.6 Å². The van der Waals surface area contributed by atoms with Crippen LogP contribution in [-0.4, -0.2) is 137 Å². The highest BCUT2D eigenvalue weighted by Gasteiger charge is 2.34. The van der Waals surface area contributed by atoms with Crippen molar-refractivity contribution in [3.05, 3.63) is 79.7 Å². The van der Waals surface area contributed by atoms with Crippen molar-refractivity contribution in [2.75, 3.05) is 96.0 Å². The Bertz CT molecular complexity index is 1600. The third-order valence-electron chi connectivity index (χ3n) is 9.48. The monoisotopic (exact) mass is 851 g/mol. The molecule has 0 aliphatic carbocycles. The van der Waals surface area contributed by atoms with Gasteiger partial charge in [-0.3, -0.25) is 0 Å². The number of nitrogens with zero attached hydrogens (tertiary/aromatic N) is 7. The molecule has 0 atom stereocenters. The first kappa shape index (κ1) is 46.2. The zero-order valence-corrected chi connectivity index (χ0v) is 33.7. The molecule has 56 heavy (non-hydrogen) atoms. The summed E-state index contributed by atoms with van der Waals surface area (Å²) in [6.45, 7) is 5.99. The number of halogens is 1. The Morgan fingerprint density at radius 2 is 1.07 bits per heavy atom. The SMILES string of the molecule is COCC1(O)CCN(c2ccc(N)nc2)CC1.COCC1(O)CCN(c2ccc([N+](=O)[O-])nc2)CC1.COCC1(O)CCNCC1.O=[N+]([O-])c1ccc(Br)cn1. The molecule has 0 amide bonds.